The molecule has 0 aliphatic carbocycles. The summed E-state index contributed by atoms with van der Waals surface area (Å²) in [7, 11) is 0. The quantitative estimate of drug-likeness (QED) is 0.0897. The normalized spacial score (nSPS) is 11.6. The van der Waals surface area contributed by atoms with Crippen molar-refractivity contribution in [3.63, 3.8) is 0 Å². The summed E-state index contributed by atoms with van der Waals surface area (Å²) in [5, 5.41) is 25.7. The van der Waals surface area contributed by atoms with Gasteiger partial charge >= 0.3 is 0 Å². The summed E-state index contributed by atoms with van der Waals surface area (Å²) in [5.74, 6) is 6.21. The first-order valence-corrected chi connectivity index (χ1v) is 49.0. The molecule has 0 saturated heterocycles. The number of benzene rings is 24. The van der Waals surface area contributed by atoms with Gasteiger partial charge in [0, 0.05) is 55.6 Å². The second kappa shape index (κ2) is 36.4. The monoisotopic (exact) mass is 1860 g/mol. The Bertz CT molecular complexity index is 9670. The summed E-state index contributed by atoms with van der Waals surface area (Å²) < 4.78 is 0. The number of hydrogen-bond donors (Lipinski definition) is 0. The van der Waals surface area contributed by atoms with Crippen molar-refractivity contribution in [3.05, 3.63) is 497 Å². The van der Waals surface area contributed by atoms with Crippen molar-refractivity contribution in [1.29, 1.82) is 0 Å². The Balaban J connectivity index is 0.000000145. The van der Waals surface area contributed by atoms with E-state index >= 15 is 0 Å². The van der Waals surface area contributed by atoms with Crippen molar-refractivity contribution in [2.24, 2.45) is 0 Å². The van der Waals surface area contributed by atoms with Crippen LogP contribution in [-0.2, 0) is 0 Å². The molecule has 0 unspecified atom stereocenters. The first-order valence-electron chi connectivity index (χ1n) is 49.0. The van der Waals surface area contributed by atoms with Gasteiger partial charge in [0.25, 0.3) is 0 Å². The zero-order chi connectivity index (χ0) is 96.5. The van der Waals surface area contributed by atoms with Crippen LogP contribution < -0.4 is 0 Å². The summed E-state index contributed by atoms with van der Waals surface area (Å²) >= 11 is 0. The molecule has 4 aromatic heterocycles. The third kappa shape index (κ3) is 16.1. The molecule has 0 spiro atoms. The highest BCUT2D eigenvalue weighted by atomic mass is 15.1. The molecule has 12 nitrogen and oxygen atoms in total. The fraction of sp³-hybridized carbons (Fsp3) is 0. The lowest BCUT2D eigenvalue weighted by atomic mass is 9.88. The highest BCUT2D eigenvalue weighted by Crippen LogP contribution is 2.47. The topological polar surface area (TPSA) is 155 Å². The minimum Gasteiger partial charge on any atom is -0.208 e. The van der Waals surface area contributed by atoms with Crippen LogP contribution >= 0.6 is 0 Å². The zero-order valence-corrected chi connectivity index (χ0v) is 78.7. The van der Waals surface area contributed by atoms with Crippen LogP contribution in [0.15, 0.2) is 497 Å². The molecular weight excluding hydrogens is 1780 g/mol. The Morgan fingerprint density at radius 3 is 0.493 bits per heavy atom. The molecule has 678 valence electrons. The van der Waals surface area contributed by atoms with Gasteiger partial charge in [-0.15, -0.1) is 0 Å². The van der Waals surface area contributed by atoms with Crippen LogP contribution in [0.1, 0.15) is 0 Å². The van der Waals surface area contributed by atoms with Crippen LogP contribution in [0.3, 0.4) is 0 Å². The molecule has 0 saturated carbocycles. The summed E-state index contributed by atoms with van der Waals surface area (Å²) in [6, 6.07) is 175. The van der Waals surface area contributed by atoms with Gasteiger partial charge in [-0.3, -0.25) is 0 Å². The highest BCUT2D eigenvalue weighted by Gasteiger charge is 2.26. The molecule has 24 aromatic carbocycles. The third-order valence-electron chi connectivity index (χ3n) is 28.0. The van der Waals surface area contributed by atoms with E-state index in [1.807, 2.05) is 115 Å². The van der Waals surface area contributed by atoms with Gasteiger partial charge in [-0.05, 0) is 242 Å². The predicted molar refractivity (Wildman–Crippen MR) is 601 cm³/mol. The Morgan fingerprint density at radius 2 is 0.247 bits per heavy atom. The summed E-state index contributed by atoms with van der Waals surface area (Å²) in [5.41, 5.74) is 17.4. The lowest BCUT2D eigenvalue weighted by Gasteiger charge is -2.16. The Labute approximate surface area is 839 Å². The lowest BCUT2D eigenvalue weighted by Crippen LogP contribution is -2.06. The molecule has 4 heterocycles. The smallest absolute Gasteiger partial charge is 0.202 e. The average Bonchev–Trinajstić information content (AvgIpc) is 0.745. The largest absolute Gasteiger partial charge is 0.208 e. The first kappa shape index (κ1) is 85.4. The summed E-state index contributed by atoms with van der Waals surface area (Å²) in [6.45, 7) is 0. The van der Waals surface area contributed by atoms with Gasteiger partial charge in [0.1, 0.15) is 0 Å². The molecule has 0 aliphatic heterocycles. The average molecular weight is 1860 g/mol. The van der Waals surface area contributed by atoms with Gasteiger partial charge in [0.15, 0.2) is 58.2 Å². The van der Waals surface area contributed by atoms with Crippen LogP contribution in [0.5, 0.6) is 0 Å². The van der Waals surface area contributed by atoms with Crippen LogP contribution in [0, 0.1) is 0 Å². The van der Waals surface area contributed by atoms with E-state index in [2.05, 4.69) is 382 Å². The van der Waals surface area contributed by atoms with Crippen molar-refractivity contribution in [3.8, 4) is 170 Å². The number of hydrogen-bond acceptors (Lipinski definition) is 12. The molecule has 28 rings (SSSR count). The van der Waals surface area contributed by atoms with Gasteiger partial charge in [0.05, 0.1) is 0 Å². The first-order chi connectivity index (χ1) is 72.3. The SMILES string of the molecule is c1ccc(-c2nc(-c3ccccc3)nc(-c3ccc(-c4nc(-c5ccccc5)nc(-c5cc(-c6cc7ccccc7c7ccccc67)cc(-c6cc7ccccc7c7ccccc67)c5)n4)cc3)n2)cc1.c1ccc2cc(-c3nc(-c4cc(-c5cc6ccccc6c6ccccc56)cc(-c5cc6ccccc6c6ccccc56)c4)nc(-c4nc(-c5ccc6ccccc6c5)nc(-c5ccc6ccccc6c5)n4)n3)ccc2c1. The van der Waals surface area contributed by atoms with Crippen molar-refractivity contribution in [1.82, 2.24) is 59.8 Å². The van der Waals surface area contributed by atoms with Gasteiger partial charge < -0.3 is 0 Å². The number of aromatic nitrogens is 12. The van der Waals surface area contributed by atoms with Crippen LogP contribution in [0.25, 0.3) is 289 Å². The molecule has 28 aromatic rings. The molecule has 12 heteroatoms. The standard InChI is InChI=1S/C70H42N6.C64H40N6/c1-4-18-46-35-51(32-29-43(46)15-1)65-71-66(52-33-30-44-16-2-5-19-47(44)36-52)74-69(73-65)70-75-67(53-34-31-45-17-3-6-20-48(45)37-53)72-68(76-70)56-39-54(63-41-49-21-7-9-23-57(49)59-25-11-13-27-61(59)63)38-55(40-56)64-42-50-22-8-10-24-58(50)60-26-12-14-28-62(60)64;1-4-18-41(19-5-1)59-65-60(42-20-6-2-7-21-42)67-62(66-59)44-32-34-45(35-33-44)63-68-61(43-22-8-3-9-23-43)69-64(70-63)50-37-48(57-39-46-24-10-12-26-51(46)53-28-14-16-30-55(53)57)36-49(38-50)58-40-47-25-11-13-27-52(47)54-29-15-17-31-56(54)58/h1-42H;1-40H. The molecule has 0 radical (unpaired) electrons. The summed E-state index contributed by atoms with van der Waals surface area (Å²) in [4.78, 5) is 62.6. The zero-order valence-electron chi connectivity index (χ0n) is 78.7. The Morgan fingerprint density at radius 1 is 0.0822 bits per heavy atom. The maximum atomic E-state index is 5.45. The number of fused-ring (bicyclic) bond motifs is 15. The van der Waals surface area contributed by atoms with Crippen LogP contribution in [0.4, 0.5) is 0 Å². The molecule has 0 atom stereocenters. The van der Waals surface area contributed by atoms with Crippen LogP contribution in [-0.4, -0.2) is 59.8 Å². The highest BCUT2D eigenvalue weighted by molar-refractivity contribution is 6.19. The fourth-order valence-electron chi connectivity index (χ4n) is 20.8. The fourth-order valence-corrected chi connectivity index (χ4v) is 20.8. The van der Waals surface area contributed by atoms with Crippen LogP contribution in [0.2, 0.25) is 0 Å². The second-order valence-corrected chi connectivity index (χ2v) is 36.9. The van der Waals surface area contributed by atoms with E-state index in [0.29, 0.717) is 69.9 Å². The number of rotatable bonds is 15. The second-order valence-electron chi connectivity index (χ2n) is 36.9. The maximum Gasteiger partial charge on any atom is 0.202 e. The minimum absolute atomic E-state index is 0.332. The lowest BCUT2D eigenvalue weighted by molar-refractivity contribution is 1.00. The van der Waals surface area contributed by atoms with Crippen molar-refractivity contribution in [2.75, 3.05) is 0 Å². The third-order valence-corrected chi connectivity index (χ3v) is 28.0. The van der Waals surface area contributed by atoms with Crippen molar-refractivity contribution in [2.45, 2.75) is 0 Å². The van der Waals surface area contributed by atoms with Gasteiger partial charge in [-0.1, -0.05) is 419 Å². The van der Waals surface area contributed by atoms with E-state index in [0.717, 1.165) is 143 Å². The number of nitrogens with zero attached hydrogens (tertiary/aromatic N) is 12. The molecule has 0 N–H and O–H groups in total. The maximum absolute atomic E-state index is 5.45. The minimum atomic E-state index is 0.332. The molecule has 0 aliphatic rings. The molecule has 146 heavy (non-hydrogen) atoms. The van der Waals surface area contributed by atoms with E-state index < -0.39 is 0 Å². The summed E-state index contributed by atoms with van der Waals surface area (Å²) in [6.07, 6.45) is 0. The predicted octanol–water partition coefficient (Wildman–Crippen LogP) is 33.8. The van der Waals surface area contributed by atoms with Crippen molar-refractivity contribution < 1.29 is 0 Å². The van der Waals surface area contributed by atoms with E-state index in [9.17, 15) is 0 Å². The Hall–Kier alpha value is -19.8. The van der Waals surface area contributed by atoms with Gasteiger partial charge in [-0.2, -0.15) is 0 Å². The van der Waals surface area contributed by atoms with E-state index in [1.165, 1.54) is 75.4 Å². The van der Waals surface area contributed by atoms with Gasteiger partial charge in [0.2, 0.25) is 11.6 Å². The van der Waals surface area contributed by atoms with E-state index in [-0.39, 0.29) is 0 Å². The molecular formula is C134H82N12. The van der Waals surface area contributed by atoms with E-state index in [1.54, 1.807) is 0 Å². The molecule has 0 amide bonds. The molecule has 0 bridgehead atoms. The van der Waals surface area contributed by atoms with Gasteiger partial charge in [-0.25, -0.2) is 59.8 Å². The van der Waals surface area contributed by atoms with E-state index in [4.69, 9.17) is 59.8 Å². The Kier molecular flexibility index (Phi) is 21.3. The van der Waals surface area contributed by atoms with Crippen molar-refractivity contribution >= 4 is 118 Å². The molecule has 0 fully saturated rings.